The van der Waals surface area contributed by atoms with Gasteiger partial charge in [-0.2, -0.15) is 0 Å². The molecule has 0 amide bonds. The van der Waals surface area contributed by atoms with Crippen molar-refractivity contribution in [3.8, 4) is 11.4 Å². The molecule has 1 fully saturated rings. The van der Waals surface area contributed by atoms with Crippen molar-refractivity contribution in [1.29, 1.82) is 0 Å². The van der Waals surface area contributed by atoms with Crippen molar-refractivity contribution < 1.29 is 4.74 Å². The van der Waals surface area contributed by atoms with Crippen molar-refractivity contribution in [2.75, 3.05) is 31.2 Å². The molecule has 0 unspecified atom stereocenters. The van der Waals surface area contributed by atoms with Gasteiger partial charge in [-0.15, -0.1) is 0 Å². The fourth-order valence-corrected chi connectivity index (χ4v) is 2.86. The van der Waals surface area contributed by atoms with Crippen molar-refractivity contribution in [3.05, 3.63) is 48.3 Å². The third-order valence-electron chi connectivity index (χ3n) is 4.13. The highest BCUT2D eigenvalue weighted by atomic mass is 16.5. The molecular formula is C18H18N4O. The van der Waals surface area contributed by atoms with Crippen molar-refractivity contribution in [1.82, 2.24) is 15.0 Å². The van der Waals surface area contributed by atoms with Gasteiger partial charge >= 0.3 is 0 Å². The van der Waals surface area contributed by atoms with Crippen LogP contribution in [0.3, 0.4) is 0 Å². The maximum atomic E-state index is 5.38. The highest BCUT2D eigenvalue weighted by molar-refractivity contribution is 5.82. The lowest BCUT2D eigenvalue weighted by Gasteiger charge is -2.27. The number of morpholine rings is 1. The summed E-state index contributed by atoms with van der Waals surface area (Å²) < 4.78 is 5.38. The molecular weight excluding hydrogens is 288 g/mol. The molecule has 0 N–H and O–H groups in total. The van der Waals surface area contributed by atoms with E-state index < -0.39 is 0 Å². The van der Waals surface area contributed by atoms with E-state index in [2.05, 4.69) is 19.9 Å². The first-order valence-electron chi connectivity index (χ1n) is 7.84. The van der Waals surface area contributed by atoms with E-state index in [1.165, 1.54) is 0 Å². The van der Waals surface area contributed by atoms with Crippen LogP contribution in [0.1, 0.15) is 5.69 Å². The number of pyridine rings is 1. The molecule has 23 heavy (non-hydrogen) atoms. The average Bonchev–Trinajstić information content (AvgIpc) is 2.63. The number of benzene rings is 1. The summed E-state index contributed by atoms with van der Waals surface area (Å²) in [4.78, 5) is 16.1. The van der Waals surface area contributed by atoms with Crippen LogP contribution in [-0.4, -0.2) is 41.3 Å². The fourth-order valence-electron chi connectivity index (χ4n) is 2.86. The lowest BCUT2D eigenvalue weighted by Crippen LogP contribution is -2.36. The van der Waals surface area contributed by atoms with E-state index >= 15 is 0 Å². The van der Waals surface area contributed by atoms with Crippen molar-refractivity contribution in [2.24, 2.45) is 0 Å². The van der Waals surface area contributed by atoms with Gasteiger partial charge in [-0.05, 0) is 25.1 Å². The van der Waals surface area contributed by atoms with Gasteiger partial charge in [0.15, 0.2) is 5.82 Å². The summed E-state index contributed by atoms with van der Waals surface area (Å²) in [5.41, 5.74) is 2.89. The Morgan fingerprint density at radius 1 is 1.00 bits per heavy atom. The number of ether oxygens (including phenoxy) is 1. The van der Waals surface area contributed by atoms with Gasteiger partial charge in [0.05, 0.1) is 18.7 Å². The summed E-state index contributed by atoms with van der Waals surface area (Å²) in [5.74, 6) is 1.71. The summed E-state index contributed by atoms with van der Waals surface area (Å²) in [7, 11) is 0. The van der Waals surface area contributed by atoms with Gasteiger partial charge in [0.25, 0.3) is 0 Å². The normalized spacial score (nSPS) is 15.1. The molecule has 1 saturated heterocycles. The zero-order chi connectivity index (χ0) is 15.6. The Balaban J connectivity index is 1.67. The summed E-state index contributed by atoms with van der Waals surface area (Å²) in [5, 5.41) is 1.09. The Morgan fingerprint density at radius 3 is 2.61 bits per heavy atom. The highest BCUT2D eigenvalue weighted by Crippen LogP contribution is 2.22. The molecule has 3 aromatic rings. The number of hydrogen-bond donors (Lipinski definition) is 0. The van der Waals surface area contributed by atoms with Crippen LogP contribution in [0.2, 0.25) is 0 Å². The highest BCUT2D eigenvalue weighted by Gasteiger charge is 2.13. The van der Waals surface area contributed by atoms with Gasteiger partial charge in [-0.25, -0.2) is 15.0 Å². The molecule has 0 radical (unpaired) electrons. The maximum Gasteiger partial charge on any atom is 0.161 e. The van der Waals surface area contributed by atoms with Gasteiger partial charge in [-0.1, -0.05) is 18.2 Å². The third-order valence-corrected chi connectivity index (χ3v) is 4.13. The zero-order valence-corrected chi connectivity index (χ0v) is 13.1. The molecule has 0 aliphatic carbocycles. The van der Waals surface area contributed by atoms with Gasteiger partial charge in [0.1, 0.15) is 5.82 Å². The van der Waals surface area contributed by atoms with Gasteiger partial charge in [-0.3, -0.25) is 0 Å². The third kappa shape index (κ3) is 2.75. The van der Waals surface area contributed by atoms with Crippen LogP contribution in [0.5, 0.6) is 0 Å². The van der Waals surface area contributed by atoms with Crippen LogP contribution in [0.4, 0.5) is 5.82 Å². The van der Waals surface area contributed by atoms with Crippen LogP contribution in [0, 0.1) is 6.92 Å². The second-order valence-corrected chi connectivity index (χ2v) is 5.65. The van der Waals surface area contributed by atoms with Gasteiger partial charge < -0.3 is 9.64 Å². The number of para-hydroxylation sites is 1. The van der Waals surface area contributed by atoms with Crippen LogP contribution < -0.4 is 4.90 Å². The molecule has 1 aromatic carbocycles. The molecule has 5 heteroatoms. The molecule has 4 rings (SSSR count). The first kappa shape index (κ1) is 14.1. The minimum Gasteiger partial charge on any atom is -0.378 e. The Hall–Kier alpha value is -2.53. The number of nitrogens with zero attached hydrogens (tertiary/aromatic N) is 4. The second kappa shape index (κ2) is 5.93. The molecule has 0 saturated carbocycles. The number of hydrogen-bond acceptors (Lipinski definition) is 5. The first-order chi connectivity index (χ1) is 11.3. The molecule has 0 bridgehead atoms. The van der Waals surface area contributed by atoms with Gasteiger partial charge in [0, 0.05) is 35.9 Å². The van der Waals surface area contributed by atoms with E-state index in [0.29, 0.717) is 0 Å². The summed E-state index contributed by atoms with van der Waals surface area (Å²) >= 11 is 0. The summed E-state index contributed by atoms with van der Waals surface area (Å²) in [6.45, 7) is 5.31. The van der Waals surface area contributed by atoms with E-state index in [9.17, 15) is 0 Å². The standard InChI is InChI=1S/C18H18N4O/c1-13-15-4-2-3-5-16(15)21-18(20-13)14-6-7-17(19-12-14)22-8-10-23-11-9-22/h2-7,12H,8-11H2,1H3. The molecule has 116 valence electrons. The molecule has 2 aromatic heterocycles. The van der Waals surface area contributed by atoms with Crippen molar-refractivity contribution in [3.63, 3.8) is 0 Å². The second-order valence-electron chi connectivity index (χ2n) is 5.65. The number of rotatable bonds is 2. The molecule has 0 spiro atoms. The van der Waals surface area contributed by atoms with E-state index in [-0.39, 0.29) is 0 Å². The van der Waals surface area contributed by atoms with Crippen molar-refractivity contribution in [2.45, 2.75) is 6.92 Å². The predicted molar refractivity (Wildman–Crippen MR) is 90.5 cm³/mol. The number of fused-ring (bicyclic) bond motifs is 1. The molecule has 1 aliphatic rings. The van der Waals surface area contributed by atoms with Crippen molar-refractivity contribution >= 4 is 16.7 Å². The Labute approximate surface area is 135 Å². The largest absolute Gasteiger partial charge is 0.378 e. The van der Waals surface area contributed by atoms with Gasteiger partial charge in [0.2, 0.25) is 0 Å². The molecule has 0 atom stereocenters. The summed E-state index contributed by atoms with van der Waals surface area (Å²) in [6, 6.07) is 12.2. The van der Waals surface area contributed by atoms with Crippen LogP contribution >= 0.6 is 0 Å². The lowest BCUT2D eigenvalue weighted by molar-refractivity contribution is 0.122. The quantitative estimate of drug-likeness (QED) is 0.728. The van der Waals surface area contributed by atoms with E-state index in [1.807, 2.05) is 49.5 Å². The molecule has 3 heterocycles. The predicted octanol–water partition coefficient (Wildman–Crippen LogP) is 2.84. The average molecular weight is 306 g/mol. The summed E-state index contributed by atoms with van der Waals surface area (Å²) in [6.07, 6.45) is 1.86. The topological polar surface area (TPSA) is 51.1 Å². The minimum absolute atomic E-state index is 0.724. The zero-order valence-electron chi connectivity index (χ0n) is 13.1. The minimum atomic E-state index is 0.724. The lowest BCUT2D eigenvalue weighted by atomic mass is 10.2. The van der Waals surface area contributed by atoms with E-state index in [4.69, 9.17) is 4.74 Å². The Bertz CT molecular complexity index is 826. The number of aryl methyl sites for hydroxylation is 1. The monoisotopic (exact) mass is 306 g/mol. The Morgan fingerprint density at radius 2 is 1.83 bits per heavy atom. The molecule has 1 aliphatic heterocycles. The maximum absolute atomic E-state index is 5.38. The van der Waals surface area contributed by atoms with E-state index in [0.717, 1.165) is 60.1 Å². The Kier molecular flexibility index (Phi) is 3.63. The van der Waals surface area contributed by atoms with Crippen LogP contribution in [-0.2, 0) is 4.74 Å². The first-order valence-corrected chi connectivity index (χ1v) is 7.84. The molecule has 5 nitrogen and oxygen atoms in total. The smallest absolute Gasteiger partial charge is 0.161 e. The van der Waals surface area contributed by atoms with E-state index in [1.54, 1.807) is 0 Å². The number of anilines is 1. The number of aromatic nitrogens is 3. The fraction of sp³-hybridized carbons (Fsp3) is 0.278. The van der Waals surface area contributed by atoms with Crippen LogP contribution in [0.15, 0.2) is 42.6 Å². The van der Waals surface area contributed by atoms with Crippen LogP contribution in [0.25, 0.3) is 22.3 Å². The SMILES string of the molecule is Cc1nc(-c2ccc(N3CCOCC3)nc2)nc2ccccc12.